The van der Waals surface area contributed by atoms with Crippen molar-refractivity contribution in [2.75, 3.05) is 20.1 Å². The van der Waals surface area contributed by atoms with Gasteiger partial charge in [0.05, 0.1) is 6.04 Å². The Balaban J connectivity index is 1.89. The summed E-state index contributed by atoms with van der Waals surface area (Å²) in [5.74, 6) is 0. The number of rotatable bonds is 4. The summed E-state index contributed by atoms with van der Waals surface area (Å²) in [6.45, 7) is 6.91. The van der Waals surface area contributed by atoms with Crippen LogP contribution in [0, 0.1) is 0 Å². The first-order valence-corrected chi connectivity index (χ1v) is 9.18. The average molecular weight is 362 g/mol. The zero-order valence-corrected chi connectivity index (χ0v) is 16.2. The predicted molar refractivity (Wildman–Crippen MR) is 99.8 cm³/mol. The van der Waals surface area contributed by atoms with E-state index in [0.29, 0.717) is 13.1 Å². The highest BCUT2D eigenvalue weighted by atomic mass is 16.6. The first kappa shape index (κ1) is 20.1. The molecule has 0 unspecified atom stereocenters. The number of likely N-dealkylation sites (tertiary alicyclic amines) is 1. The van der Waals surface area contributed by atoms with Crippen LogP contribution in [0.1, 0.15) is 45.6 Å². The predicted octanol–water partition coefficient (Wildman–Crippen LogP) is 4.04. The minimum absolute atomic E-state index is 0.0483. The normalized spacial score (nSPS) is 17.5. The van der Waals surface area contributed by atoms with Gasteiger partial charge in [0.2, 0.25) is 0 Å². The lowest BCUT2D eigenvalue weighted by atomic mass is 10.0. The number of carbonyl (C=O) groups is 2. The third kappa shape index (κ3) is 6.24. The molecule has 0 radical (unpaired) electrons. The molecule has 0 spiro atoms. The van der Waals surface area contributed by atoms with Crippen molar-refractivity contribution in [3.05, 3.63) is 35.9 Å². The Bertz CT molecular complexity index is 598. The molecule has 1 atom stereocenters. The lowest BCUT2D eigenvalue weighted by Crippen LogP contribution is -2.51. The lowest BCUT2D eigenvalue weighted by Gasteiger charge is -2.38. The Labute approximate surface area is 156 Å². The Morgan fingerprint density at radius 2 is 1.88 bits per heavy atom. The van der Waals surface area contributed by atoms with Crippen LogP contribution in [0.3, 0.4) is 0 Å². The van der Waals surface area contributed by atoms with E-state index in [2.05, 4.69) is 0 Å². The molecule has 1 aromatic rings. The molecule has 2 rings (SSSR count). The molecule has 1 heterocycles. The van der Waals surface area contributed by atoms with Gasteiger partial charge < -0.3 is 19.3 Å². The highest BCUT2D eigenvalue weighted by Gasteiger charge is 2.32. The number of amides is 2. The summed E-state index contributed by atoms with van der Waals surface area (Å²) in [4.78, 5) is 28.0. The summed E-state index contributed by atoms with van der Waals surface area (Å²) >= 11 is 0. The van der Waals surface area contributed by atoms with Crippen LogP contribution in [0.25, 0.3) is 0 Å². The largest absolute Gasteiger partial charge is 0.445 e. The van der Waals surface area contributed by atoms with Gasteiger partial charge in [-0.1, -0.05) is 30.3 Å². The van der Waals surface area contributed by atoms with Crippen LogP contribution < -0.4 is 0 Å². The van der Waals surface area contributed by atoms with Crippen molar-refractivity contribution in [3.63, 3.8) is 0 Å². The molecule has 0 N–H and O–H groups in total. The first-order chi connectivity index (χ1) is 12.3. The maximum Gasteiger partial charge on any atom is 0.410 e. The number of likely N-dealkylation sites (N-methyl/N-ethyl adjacent to an activating group) is 1. The van der Waals surface area contributed by atoms with E-state index < -0.39 is 5.60 Å². The van der Waals surface area contributed by atoms with E-state index in [1.54, 1.807) is 11.9 Å². The van der Waals surface area contributed by atoms with Crippen molar-refractivity contribution in [1.29, 1.82) is 0 Å². The Morgan fingerprint density at radius 1 is 1.19 bits per heavy atom. The van der Waals surface area contributed by atoms with Crippen LogP contribution in [-0.4, -0.2) is 53.8 Å². The van der Waals surface area contributed by atoms with Crippen LogP contribution in [0.4, 0.5) is 9.59 Å². The molecule has 1 saturated heterocycles. The van der Waals surface area contributed by atoms with Crippen molar-refractivity contribution >= 4 is 12.2 Å². The second kappa shape index (κ2) is 8.92. The summed E-state index contributed by atoms with van der Waals surface area (Å²) in [5, 5.41) is 0. The molecule has 6 nitrogen and oxygen atoms in total. The second-order valence-corrected chi connectivity index (χ2v) is 7.74. The molecule has 2 amide bonds. The molecular weight excluding hydrogens is 332 g/mol. The summed E-state index contributed by atoms with van der Waals surface area (Å²) in [6, 6.07) is 9.53. The van der Waals surface area contributed by atoms with E-state index in [1.165, 1.54) is 4.90 Å². The van der Waals surface area contributed by atoms with Crippen molar-refractivity contribution in [2.45, 2.75) is 58.3 Å². The maximum atomic E-state index is 12.5. The van der Waals surface area contributed by atoms with Crippen molar-refractivity contribution in [2.24, 2.45) is 0 Å². The number of hydrogen-bond acceptors (Lipinski definition) is 4. The van der Waals surface area contributed by atoms with Crippen molar-refractivity contribution < 1.29 is 19.1 Å². The summed E-state index contributed by atoms with van der Waals surface area (Å²) in [6.07, 6.45) is 2.15. The van der Waals surface area contributed by atoms with Crippen LogP contribution in [-0.2, 0) is 16.1 Å². The molecule has 6 heteroatoms. The third-order valence-corrected chi connectivity index (χ3v) is 4.26. The second-order valence-electron chi connectivity index (χ2n) is 7.74. The molecule has 0 bridgehead atoms. The molecule has 0 saturated carbocycles. The lowest BCUT2D eigenvalue weighted by molar-refractivity contribution is 0.00533. The number of ether oxygens (including phenoxy) is 2. The monoisotopic (exact) mass is 362 g/mol. The van der Waals surface area contributed by atoms with Gasteiger partial charge in [0, 0.05) is 20.1 Å². The van der Waals surface area contributed by atoms with Crippen LogP contribution >= 0.6 is 0 Å². The minimum atomic E-state index is -0.528. The van der Waals surface area contributed by atoms with Crippen LogP contribution in [0.15, 0.2) is 30.3 Å². The molecule has 144 valence electrons. The standard InChI is InChI=1S/C20H30N2O4/c1-20(2,3)26-19(24)22-13-9-8-12-17(22)14-21(4)18(23)25-15-16-10-6-5-7-11-16/h5-7,10-11,17H,8-9,12-15H2,1-4H3/t17-/m0/s1. The number of hydrogen-bond donors (Lipinski definition) is 0. The smallest absolute Gasteiger partial charge is 0.410 e. The molecule has 1 aromatic carbocycles. The Hall–Kier alpha value is -2.24. The van der Waals surface area contributed by atoms with E-state index in [-0.39, 0.29) is 24.8 Å². The fourth-order valence-corrected chi connectivity index (χ4v) is 2.97. The zero-order valence-electron chi connectivity index (χ0n) is 16.2. The highest BCUT2D eigenvalue weighted by molar-refractivity contribution is 5.69. The van der Waals surface area contributed by atoms with Gasteiger partial charge >= 0.3 is 12.2 Å². The third-order valence-electron chi connectivity index (χ3n) is 4.26. The van der Waals surface area contributed by atoms with Gasteiger partial charge in [-0.3, -0.25) is 0 Å². The molecule has 1 aliphatic rings. The van der Waals surface area contributed by atoms with Gasteiger partial charge in [-0.15, -0.1) is 0 Å². The zero-order chi connectivity index (χ0) is 19.2. The van der Waals surface area contributed by atoms with Crippen LogP contribution in [0.2, 0.25) is 0 Å². The Kier molecular flexibility index (Phi) is 6.89. The topological polar surface area (TPSA) is 59.1 Å². The number of nitrogens with zero attached hydrogens (tertiary/aromatic N) is 2. The van der Waals surface area contributed by atoms with Gasteiger partial charge in [-0.2, -0.15) is 0 Å². The minimum Gasteiger partial charge on any atom is -0.445 e. The summed E-state index contributed by atoms with van der Waals surface area (Å²) < 4.78 is 10.9. The Morgan fingerprint density at radius 3 is 2.54 bits per heavy atom. The average Bonchev–Trinajstić information content (AvgIpc) is 2.59. The quantitative estimate of drug-likeness (QED) is 0.811. The number of carbonyl (C=O) groups excluding carboxylic acids is 2. The molecule has 26 heavy (non-hydrogen) atoms. The number of piperidine rings is 1. The van der Waals surface area contributed by atoms with E-state index >= 15 is 0 Å². The van der Waals surface area contributed by atoms with Gasteiger partial charge in [0.1, 0.15) is 12.2 Å². The SMILES string of the molecule is CN(C[C@@H]1CCCCN1C(=O)OC(C)(C)C)C(=O)OCc1ccccc1. The van der Waals surface area contributed by atoms with E-state index in [4.69, 9.17) is 9.47 Å². The first-order valence-electron chi connectivity index (χ1n) is 9.18. The van der Waals surface area contributed by atoms with Gasteiger partial charge in [-0.05, 0) is 45.6 Å². The molecular formula is C20H30N2O4. The molecule has 1 aliphatic heterocycles. The summed E-state index contributed by atoms with van der Waals surface area (Å²) in [5.41, 5.74) is 0.418. The van der Waals surface area contributed by atoms with E-state index in [1.807, 2.05) is 51.1 Å². The van der Waals surface area contributed by atoms with Crippen molar-refractivity contribution in [1.82, 2.24) is 9.80 Å². The van der Waals surface area contributed by atoms with Gasteiger partial charge in [0.25, 0.3) is 0 Å². The summed E-state index contributed by atoms with van der Waals surface area (Å²) in [7, 11) is 1.70. The number of benzene rings is 1. The van der Waals surface area contributed by atoms with Crippen molar-refractivity contribution in [3.8, 4) is 0 Å². The van der Waals surface area contributed by atoms with Gasteiger partial charge in [0.15, 0.2) is 0 Å². The maximum absolute atomic E-state index is 12.5. The van der Waals surface area contributed by atoms with Crippen LogP contribution in [0.5, 0.6) is 0 Å². The van der Waals surface area contributed by atoms with E-state index in [0.717, 1.165) is 24.8 Å². The molecule has 1 fully saturated rings. The molecule has 0 aliphatic carbocycles. The fraction of sp³-hybridized carbons (Fsp3) is 0.600. The highest BCUT2D eigenvalue weighted by Crippen LogP contribution is 2.21. The van der Waals surface area contributed by atoms with E-state index in [9.17, 15) is 9.59 Å². The fourth-order valence-electron chi connectivity index (χ4n) is 2.97. The molecule has 0 aromatic heterocycles. The van der Waals surface area contributed by atoms with Gasteiger partial charge in [-0.25, -0.2) is 9.59 Å².